The molecule has 1 aliphatic carbocycles. The van der Waals surface area contributed by atoms with E-state index in [-0.39, 0.29) is 60.3 Å². The van der Waals surface area contributed by atoms with Crippen molar-refractivity contribution < 1.29 is 60.7 Å². The molecule has 0 aliphatic heterocycles. The molecule has 0 saturated carbocycles. The summed E-state index contributed by atoms with van der Waals surface area (Å²) in [6.07, 6.45) is 9.10. The van der Waals surface area contributed by atoms with Crippen LogP contribution >= 0.6 is 12.4 Å². The first-order valence-electron chi connectivity index (χ1n) is 25.5. The number of rotatable bonds is 0. The van der Waals surface area contributed by atoms with E-state index in [0.29, 0.717) is 11.5 Å². The minimum atomic E-state index is -0.00859. The van der Waals surface area contributed by atoms with E-state index < -0.39 is 0 Å². The first kappa shape index (κ1) is 66.3. The summed E-state index contributed by atoms with van der Waals surface area (Å²) < 4.78 is 1.51. The number of aromatic hydroxyl groups is 2. The Morgan fingerprint density at radius 3 is 1.11 bits per heavy atom. The topological polar surface area (TPSA) is 40.5 Å². The Balaban J connectivity index is 0.000000306. The molecule has 9 aromatic carbocycles. The zero-order valence-electron chi connectivity index (χ0n) is 47.8. The molecule has 0 radical (unpaired) electrons. The third-order valence-electron chi connectivity index (χ3n) is 12.1. The van der Waals surface area contributed by atoms with Gasteiger partial charge in [0.1, 0.15) is 11.5 Å². The van der Waals surface area contributed by atoms with E-state index in [1.54, 1.807) is 36.4 Å². The summed E-state index contributed by atoms with van der Waals surface area (Å²) in [5, 5.41) is 30.4. The van der Waals surface area contributed by atoms with Crippen LogP contribution in [0, 0.1) is 6.08 Å². The van der Waals surface area contributed by atoms with E-state index in [1.807, 2.05) is 24.3 Å². The number of benzene rings is 6. The van der Waals surface area contributed by atoms with Gasteiger partial charge in [0.25, 0.3) is 0 Å². The fourth-order valence-corrected chi connectivity index (χ4v) is 7.89. The van der Waals surface area contributed by atoms with E-state index in [0.717, 1.165) is 11.1 Å². The molecule has 1 aliphatic rings. The first-order valence-corrected chi connectivity index (χ1v) is 26.8. The Hall–Kier alpha value is -4.84. The van der Waals surface area contributed by atoms with Gasteiger partial charge in [-0.2, -0.15) is 58.8 Å². The second-order valence-corrected chi connectivity index (χ2v) is 25.6. The summed E-state index contributed by atoms with van der Waals surface area (Å²) in [6, 6.07) is 60.5. The van der Waals surface area contributed by atoms with Crippen LogP contribution in [0.1, 0.15) is 133 Å². The maximum atomic E-state index is 9.84. The Bertz CT molecular complexity index is 2980. The van der Waals surface area contributed by atoms with Crippen LogP contribution in [-0.4, -0.2) is 13.4 Å². The molecule has 0 fully saturated rings. The molecular weight excluding hydrogens is 1090 g/mol. The number of phenols is 2. The van der Waals surface area contributed by atoms with E-state index in [1.165, 1.54) is 68.6 Å². The van der Waals surface area contributed by atoms with Crippen molar-refractivity contribution in [3.63, 3.8) is 0 Å². The Kier molecular flexibility index (Phi) is 26.7. The summed E-state index contributed by atoms with van der Waals surface area (Å²) in [6.45, 7) is 34.3. The Morgan fingerprint density at radius 2 is 0.813 bits per heavy atom. The van der Waals surface area contributed by atoms with Gasteiger partial charge in [-0.15, -0.1) is 123 Å². The molecule has 0 bridgehead atoms. The van der Waals surface area contributed by atoms with Gasteiger partial charge in [-0.3, -0.25) is 0 Å². The molecule has 5 heteroatoms. The van der Waals surface area contributed by atoms with Crippen LogP contribution in [-0.2, 0) is 72.1 Å². The first-order chi connectivity index (χ1) is 34.2. The second-order valence-electron chi connectivity index (χ2n) is 23.2. The van der Waals surface area contributed by atoms with Gasteiger partial charge in [0.15, 0.2) is 0 Å². The van der Waals surface area contributed by atoms with Crippen LogP contribution in [0.3, 0.4) is 0 Å². The average Bonchev–Trinajstić information content (AvgIpc) is 4.16. The average molecular weight is 1170 g/mol. The van der Waals surface area contributed by atoms with Gasteiger partial charge in [-0.25, -0.2) is 0 Å². The number of hydrogen-bond acceptors (Lipinski definition) is 2. The fraction of sp³-hybridized carbons (Fsp3) is 0.286. The van der Waals surface area contributed by atoms with Crippen molar-refractivity contribution in [2.75, 3.05) is 0 Å². The van der Waals surface area contributed by atoms with Crippen LogP contribution in [0.5, 0.6) is 11.5 Å². The molecule has 0 spiro atoms. The summed E-state index contributed by atoms with van der Waals surface area (Å²) in [7, 11) is 0. The molecule has 2 N–H and O–H groups in total. The van der Waals surface area contributed by atoms with Crippen molar-refractivity contribution in [1.29, 1.82) is 0 Å². The zero-order valence-corrected chi connectivity index (χ0v) is 53.5. The summed E-state index contributed by atoms with van der Waals surface area (Å²) in [4.78, 5) is 0. The number of fused-ring (bicyclic) bond motifs is 5. The quantitative estimate of drug-likeness (QED) is 0.149. The second kappa shape index (κ2) is 30.2. The van der Waals surface area contributed by atoms with E-state index in [2.05, 4.69) is 275 Å². The number of allylic oxidation sites excluding steroid dienone is 6. The maximum absolute atomic E-state index is 9.84. The van der Waals surface area contributed by atoms with Crippen molar-refractivity contribution in [2.45, 2.75) is 132 Å². The molecule has 0 amide bonds. The number of phenolic OH excluding ortho intramolecular Hbond substituents is 2. The van der Waals surface area contributed by atoms with Crippen molar-refractivity contribution in [2.24, 2.45) is 0 Å². The predicted molar refractivity (Wildman–Crippen MR) is 326 cm³/mol. The van der Waals surface area contributed by atoms with Crippen LogP contribution < -0.4 is 0 Å². The SMILES string of the molecule is CC(C)(C)c1ccc(O)c(C(C)(C)C)c1.CC(C)(C)c1ccc(O)c(C(C)(C)C)c1.CC(C)=C1[C-]=CC=C1.C[C](C)=[Zr+2].Cl.[Zr+2].c1ccc2[cH-]ccc2c1.c1ccc2[cH-]ccc2c1.c1ccc2c(c1)[cH-]c1ccccc12. The molecule has 2 nitrogen and oxygen atoms in total. The van der Waals surface area contributed by atoms with Crippen molar-refractivity contribution in [1.82, 2.24) is 0 Å². The zero-order chi connectivity index (χ0) is 54.1. The number of hydrogen-bond donors (Lipinski definition) is 2. The van der Waals surface area contributed by atoms with E-state index >= 15 is 0 Å². The van der Waals surface area contributed by atoms with Gasteiger partial charge in [-0.1, -0.05) is 170 Å². The van der Waals surface area contributed by atoms with Crippen LogP contribution in [0.2, 0.25) is 0 Å². The van der Waals surface area contributed by atoms with Crippen LogP contribution in [0.25, 0.3) is 43.1 Å². The molecular formula is C70H83ClO2Zr2. The Morgan fingerprint density at radius 1 is 0.467 bits per heavy atom. The smallest absolute Gasteiger partial charge is 0.168 e. The third kappa shape index (κ3) is 21.6. The molecule has 0 aromatic heterocycles. The molecule has 10 rings (SSSR count). The van der Waals surface area contributed by atoms with Crippen molar-refractivity contribution >= 4 is 58.7 Å². The van der Waals surface area contributed by atoms with Crippen LogP contribution in [0.4, 0.5) is 0 Å². The normalized spacial score (nSPS) is 11.6. The van der Waals surface area contributed by atoms with E-state index in [4.69, 9.17) is 0 Å². The minimum Gasteiger partial charge on any atom is -0.168 e. The molecule has 0 heterocycles. The van der Waals surface area contributed by atoms with Crippen molar-refractivity contribution in [3.8, 4) is 11.5 Å². The Labute approximate surface area is 492 Å². The van der Waals surface area contributed by atoms with Crippen molar-refractivity contribution in [3.05, 3.63) is 234 Å². The van der Waals surface area contributed by atoms with Crippen LogP contribution in [0.15, 0.2) is 205 Å². The minimum absolute atomic E-state index is 0. The monoisotopic (exact) mass is 1170 g/mol. The molecule has 390 valence electrons. The molecule has 0 saturated heterocycles. The largest absolute Gasteiger partial charge is 2.00 e. The van der Waals surface area contributed by atoms with E-state index in [9.17, 15) is 10.2 Å². The third-order valence-corrected chi connectivity index (χ3v) is 12.1. The summed E-state index contributed by atoms with van der Waals surface area (Å²) >= 11 is 1.55. The van der Waals surface area contributed by atoms with Gasteiger partial charge in [0.2, 0.25) is 0 Å². The standard InChI is InChI=1S/2C14H22O.C13H9.2C9H7.C8H9.C3H6.ClH.2Zr/c2*1-13(2,3)10-7-8-12(15)11(9-10)14(4,5)6;1-3-7-12-10(5-1)9-11-6-2-4-8-13(11)12;2*1-2-5-9-7-3-6-8(9)4-1;1-7(2)8-5-3-4-6-8;1-3-2;;;/h2*7-9,15H,1-6H3;1-9H;2*1-7H;3-5H,1-2H3;1-2H3;1H;;/q;;4*-1;;;2*+2. The molecule has 0 unspecified atom stereocenters. The molecule has 0 atom stereocenters. The van der Waals surface area contributed by atoms with Gasteiger partial charge in [0.05, 0.1) is 0 Å². The number of halogens is 1. The van der Waals surface area contributed by atoms with Gasteiger partial charge >= 0.3 is 67.5 Å². The van der Waals surface area contributed by atoms with Gasteiger partial charge < -0.3 is 10.2 Å². The maximum Gasteiger partial charge on any atom is 2.00 e. The molecule has 75 heavy (non-hydrogen) atoms. The summed E-state index contributed by atoms with van der Waals surface area (Å²) in [5.41, 5.74) is 7.39. The van der Waals surface area contributed by atoms with Gasteiger partial charge in [0, 0.05) is 0 Å². The predicted octanol–water partition coefficient (Wildman–Crippen LogP) is 20.2. The van der Waals surface area contributed by atoms with Gasteiger partial charge in [-0.05, 0) is 56.0 Å². The fourth-order valence-electron chi connectivity index (χ4n) is 7.89. The molecule has 9 aromatic rings. The summed E-state index contributed by atoms with van der Waals surface area (Å²) in [5.74, 6) is 0.797.